The zero-order valence-corrected chi connectivity index (χ0v) is 9.18. The second-order valence-electron chi connectivity index (χ2n) is 3.64. The van der Waals surface area contributed by atoms with E-state index in [9.17, 15) is 0 Å². The highest BCUT2D eigenvalue weighted by molar-refractivity contribution is 4.63. The van der Waals surface area contributed by atoms with Crippen molar-refractivity contribution in [3.63, 3.8) is 0 Å². The molecule has 0 radical (unpaired) electrons. The van der Waals surface area contributed by atoms with Gasteiger partial charge in [-0.25, -0.2) is 0 Å². The molecule has 0 heterocycles. The first kappa shape index (κ1) is 12.9. The van der Waals surface area contributed by atoms with Crippen LogP contribution in [-0.2, 0) is 0 Å². The third kappa shape index (κ3) is 8.26. The highest BCUT2D eigenvalue weighted by Crippen LogP contribution is 2.06. The van der Waals surface area contributed by atoms with Crippen LogP contribution in [0.4, 0.5) is 0 Å². The molecule has 2 heteroatoms. The fourth-order valence-electron chi connectivity index (χ4n) is 1.54. The summed E-state index contributed by atoms with van der Waals surface area (Å²) in [5, 5.41) is 12.3. The summed E-state index contributed by atoms with van der Waals surface area (Å²) in [4.78, 5) is 0. The van der Waals surface area contributed by atoms with E-state index in [1.54, 1.807) is 0 Å². The Morgan fingerprint density at radius 1 is 1.08 bits per heavy atom. The molecular formula is C11H25NO. The molecule has 0 saturated carbocycles. The maximum Gasteiger partial charge on any atom is 0.0584 e. The van der Waals surface area contributed by atoms with E-state index >= 15 is 0 Å². The van der Waals surface area contributed by atoms with Crippen LogP contribution in [0.5, 0.6) is 0 Å². The monoisotopic (exact) mass is 187 g/mol. The lowest BCUT2D eigenvalue weighted by molar-refractivity contribution is 0.234. The third-order valence-corrected chi connectivity index (χ3v) is 2.37. The van der Waals surface area contributed by atoms with Crippen LogP contribution in [0, 0.1) is 0 Å². The van der Waals surface area contributed by atoms with Crippen LogP contribution in [0.25, 0.3) is 0 Å². The lowest BCUT2D eigenvalue weighted by Crippen LogP contribution is -2.32. The Bertz CT molecular complexity index is 96.1. The molecule has 0 saturated heterocycles. The minimum atomic E-state index is 0.279. The van der Waals surface area contributed by atoms with E-state index in [1.165, 1.54) is 32.1 Å². The van der Waals surface area contributed by atoms with Gasteiger partial charge in [-0.3, -0.25) is 0 Å². The second kappa shape index (κ2) is 10.0. The number of rotatable bonds is 9. The molecule has 0 aliphatic heterocycles. The zero-order chi connectivity index (χ0) is 9.94. The molecule has 0 rings (SSSR count). The van der Waals surface area contributed by atoms with Crippen LogP contribution in [0.3, 0.4) is 0 Å². The number of nitrogens with one attached hydrogen (secondary N) is 1. The summed E-state index contributed by atoms with van der Waals surface area (Å²) >= 11 is 0. The van der Waals surface area contributed by atoms with E-state index in [0.717, 1.165) is 13.0 Å². The summed E-state index contributed by atoms with van der Waals surface area (Å²) < 4.78 is 0. The minimum absolute atomic E-state index is 0.279. The van der Waals surface area contributed by atoms with Gasteiger partial charge in [0, 0.05) is 6.04 Å². The lowest BCUT2D eigenvalue weighted by Gasteiger charge is -2.14. The second-order valence-corrected chi connectivity index (χ2v) is 3.64. The Morgan fingerprint density at radius 2 is 1.77 bits per heavy atom. The van der Waals surface area contributed by atoms with Gasteiger partial charge in [0.25, 0.3) is 0 Å². The Balaban J connectivity index is 3.17. The standard InChI is InChI=1S/C11H25NO/c1-3-5-6-7-8-9-11(10-13)12-4-2/h11-13H,3-10H2,1-2H3. The van der Waals surface area contributed by atoms with E-state index in [-0.39, 0.29) is 6.61 Å². The van der Waals surface area contributed by atoms with Gasteiger partial charge >= 0.3 is 0 Å². The van der Waals surface area contributed by atoms with Crippen molar-refractivity contribution in [3.05, 3.63) is 0 Å². The van der Waals surface area contributed by atoms with Crippen LogP contribution in [0.2, 0.25) is 0 Å². The quantitative estimate of drug-likeness (QED) is 0.543. The van der Waals surface area contributed by atoms with Gasteiger partial charge in [-0.05, 0) is 13.0 Å². The highest BCUT2D eigenvalue weighted by Gasteiger charge is 2.03. The first-order chi connectivity index (χ1) is 6.35. The Hall–Kier alpha value is -0.0800. The summed E-state index contributed by atoms with van der Waals surface area (Å²) in [5.41, 5.74) is 0. The summed E-state index contributed by atoms with van der Waals surface area (Å²) in [6, 6.07) is 0.326. The van der Waals surface area contributed by atoms with Crippen LogP contribution < -0.4 is 5.32 Å². The molecule has 1 unspecified atom stereocenters. The van der Waals surface area contributed by atoms with E-state index in [1.807, 2.05) is 0 Å². The van der Waals surface area contributed by atoms with Gasteiger partial charge in [-0.1, -0.05) is 46.0 Å². The largest absolute Gasteiger partial charge is 0.395 e. The Morgan fingerprint density at radius 3 is 2.31 bits per heavy atom. The molecule has 2 nitrogen and oxygen atoms in total. The van der Waals surface area contributed by atoms with Gasteiger partial charge in [0.15, 0.2) is 0 Å². The number of hydrogen-bond donors (Lipinski definition) is 2. The van der Waals surface area contributed by atoms with Crippen molar-refractivity contribution in [3.8, 4) is 0 Å². The predicted molar refractivity (Wildman–Crippen MR) is 57.9 cm³/mol. The summed E-state index contributed by atoms with van der Waals surface area (Å²) in [5.74, 6) is 0. The number of likely N-dealkylation sites (N-methyl/N-ethyl adjacent to an activating group) is 1. The van der Waals surface area contributed by atoms with Gasteiger partial charge in [0.05, 0.1) is 6.61 Å². The molecule has 0 aromatic heterocycles. The Labute approximate surface area is 82.7 Å². The fourth-order valence-corrected chi connectivity index (χ4v) is 1.54. The molecule has 1 atom stereocenters. The maximum absolute atomic E-state index is 9.00. The first-order valence-electron chi connectivity index (χ1n) is 5.69. The average molecular weight is 187 g/mol. The summed E-state index contributed by atoms with van der Waals surface area (Å²) in [7, 11) is 0. The topological polar surface area (TPSA) is 32.3 Å². The SMILES string of the molecule is CCCCCCCC(CO)NCC. The lowest BCUT2D eigenvalue weighted by atomic mass is 10.1. The summed E-state index contributed by atoms with van der Waals surface area (Å²) in [6.45, 7) is 5.55. The van der Waals surface area contributed by atoms with Gasteiger partial charge in [-0.15, -0.1) is 0 Å². The van der Waals surface area contributed by atoms with Crippen LogP contribution >= 0.6 is 0 Å². The molecule has 0 aromatic rings. The van der Waals surface area contributed by atoms with Crippen molar-refractivity contribution < 1.29 is 5.11 Å². The molecule has 0 amide bonds. The van der Waals surface area contributed by atoms with Crippen molar-refractivity contribution in [2.75, 3.05) is 13.2 Å². The van der Waals surface area contributed by atoms with Crippen molar-refractivity contribution in [1.82, 2.24) is 5.32 Å². The first-order valence-corrected chi connectivity index (χ1v) is 5.69. The molecule has 13 heavy (non-hydrogen) atoms. The molecule has 2 N–H and O–H groups in total. The minimum Gasteiger partial charge on any atom is -0.395 e. The maximum atomic E-state index is 9.00. The number of unbranched alkanes of at least 4 members (excludes halogenated alkanes) is 4. The molecular weight excluding hydrogens is 162 g/mol. The van der Waals surface area contributed by atoms with E-state index in [0.29, 0.717) is 6.04 Å². The van der Waals surface area contributed by atoms with Gasteiger partial charge < -0.3 is 10.4 Å². The van der Waals surface area contributed by atoms with Gasteiger partial charge in [-0.2, -0.15) is 0 Å². The van der Waals surface area contributed by atoms with Gasteiger partial charge in [0.1, 0.15) is 0 Å². The summed E-state index contributed by atoms with van der Waals surface area (Å²) in [6.07, 6.45) is 7.68. The molecule has 0 spiro atoms. The smallest absolute Gasteiger partial charge is 0.0584 e. The third-order valence-electron chi connectivity index (χ3n) is 2.37. The van der Waals surface area contributed by atoms with E-state index in [2.05, 4.69) is 19.2 Å². The van der Waals surface area contributed by atoms with Gasteiger partial charge in [0.2, 0.25) is 0 Å². The predicted octanol–water partition coefficient (Wildman–Crippen LogP) is 2.32. The number of aliphatic hydroxyl groups is 1. The molecule has 0 aliphatic rings. The van der Waals surface area contributed by atoms with E-state index in [4.69, 9.17) is 5.11 Å². The fraction of sp³-hybridized carbons (Fsp3) is 1.00. The zero-order valence-electron chi connectivity index (χ0n) is 9.18. The normalized spacial score (nSPS) is 13.2. The van der Waals surface area contributed by atoms with Crippen LogP contribution in [0.1, 0.15) is 52.4 Å². The molecule has 80 valence electrons. The van der Waals surface area contributed by atoms with Crippen molar-refractivity contribution in [1.29, 1.82) is 0 Å². The molecule has 0 fully saturated rings. The number of aliphatic hydroxyl groups excluding tert-OH is 1. The van der Waals surface area contributed by atoms with Crippen LogP contribution in [0.15, 0.2) is 0 Å². The van der Waals surface area contributed by atoms with Crippen LogP contribution in [-0.4, -0.2) is 24.3 Å². The average Bonchev–Trinajstić information content (AvgIpc) is 2.16. The molecule has 0 aromatic carbocycles. The Kier molecular flexibility index (Phi) is 9.94. The van der Waals surface area contributed by atoms with E-state index < -0.39 is 0 Å². The number of hydrogen-bond acceptors (Lipinski definition) is 2. The molecule has 0 aliphatic carbocycles. The van der Waals surface area contributed by atoms with Crippen molar-refractivity contribution in [2.45, 2.75) is 58.4 Å². The highest BCUT2D eigenvalue weighted by atomic mass is 16.3. The molecule has 0 bridgehead atoms. The van der Waals surface area contributed by atoms with Crippen molar-refractivity contribution in [2.24, 2.45) is 0 Å². The van der Waals surface area contributed by atoms with Crippen molar-refractivity contribution >= 4 is 0 Å².